The maximum Gasteiger partial charge on any atom is 0.308 e. The normalized spacial score (nSPS) is 11.0. The van der Waals surface area contributed by atoms with Crippen LogP contribution in [0.25, 0.3) is 0 Å². The van der Waals surface area contributed by atoms with Gasteiger partial charge in [-0.15, -0.1) is 0 Å². The summed E-state index contributed by atoms with van der Waals surface area (Å²) in [7, 11) is -4.05. The quantitative estimate of drug-likeness (QED) is 0.618. The zero-order chi connectivity index (χ0) is 18.8. The fraction of sp³-hybridized carbons (Fsp3) is 0.222. The van der Waals surface area contributed by atoms with Gasteiger partial charge in [-0.05, 0) is 49.7 Å². The smallest absolute Gasteiger partial charge is 0.308 e. The second-order valence-corrected chi connectivity index (χ2v) is 7.43. The van der Waals surface area contributed by atoms with Gasteiger partial charge in [0, 0.05) is 13.8 Å². The fourth-order valence-electron chi connectivity index (χ4n) is 2.37. The Kier molecular flexibility index (Phi) is 5.27. The zero-order valence-electron chi connectivity index (χ0n) is 14.4. The van der Waals surface area contributed by atoms with Gasteiger partial charge in [0.05, 0.1) is 10.6 Å². The standard InChI is InChI=1S/C18H19NO5S/c1-12-5-8-17(9-6-12)25(22,23)19(14(3)20)18-10-7-16(11-13(18)2)24-15(4)21/h5-11H,1-4H3. The Morgan fingerprint density at radius 1 is 0.960 bits per heavy atom. The van der Waals surface area contributed by atoms with Gasteiger partial charge in [-0.3, -0.25) is 9.59 Å². The molecule has 6 nitrogen and oxygen atoms in total. The molecule has 0 unspecified atom stereocenters. The molecule has 0 aliphatic rings. The highest BCUT2D eigenvalue weighted by Crippen LogP contribution is 2.30. The van der Waals surface area contributed by atoms with Crippen molar-refractivity contribution in [1.82, 2.24) is 0 Å². The molecule has 0 aliphatic carbocycles. The second kappa shape index (κ2) is 7.06. The molecule has 0 saturated heterocycles. The summed E-state index contributed by atoms with van der Waals surface area (Å²) < 4.78 is 31.6. The van der Waals surface area contributed by atoms with E-state index in [0.717, 1.165) is 9.87 Å². The maximum atomic E-state index is 12.9. The lowest BCUT2D eigenvalue weighted by Crippen LogP contribution is -2.35. The largest absolute Gasteiger partial charge is 0.427 e. The van der Waals surface area contributed by atoms with Crippen molar-refractivity contribution in [2.45, 2.75) is 32.6 Å². The third-order valence-corrected chi connectivity index (χ3v) is 5.30. The summed E-state index contributed by atoms with van der Waals surface area (Å²) in [5.41, 5.74) is 1.61. The number of sulfonamides is 1. The van der Waals surface area contributed by atoms with Crippen LogP contribution in [-0.2, 0) is 19.6 Å². The van der Waals surface area contributed by atoms with E-state index in [4.69, 9.17) is 4.74 Å². The summed E-state index contributed by atoms with van der Waals surface area (Å²) in [6.07, 6.45) is 0. The van der Waals surface area contributed by atoms with Crippen molar-refractivity contribution in [3.63, 3.8) is 0 Å². The highest BCUT2D eigenvalue weighted by Gasteiger charge is 2.29. The third kappa shape index (κ3) is 4.06. The molecule has 2 aromatic rings. The minimum atomic E-state index is -4.05. The van der Waals surface area contributed by atoms with Gasteiger partial charge in [0.15, 0.2) is 0 Å². The van der Waals surface area contributed by atoms with Crippen LogP contribution >= 0.6 is 0 Å². The number of ether oxygens (including phenoxy) is 1. The Balaban J connectivity index is 2.53. The van der Waals surface area contributed by atoms with Gasteiger partial charge in [0.2, 0.25) is 5.91 Å². The van der Waals surface area contributed by atoms with E-state index in [0.29, 0.717) is 5.56 Å². The predicted molar refractivity (Wildman–Crippen MR) is 94.0 cm³/mol. The molecule has 0 radical (unpaired) electrons. The van der Waals surface area contributed by atoms with E-state index in [9.17, 15) is 18.0 Å². The van der Waals surface area contributed by atoms with E-state index in [-0.39, 0.29) is 16.3 Å². The molecule has 2 aromatic carbocycles. The number of amides is 1. The van der Waals surface area contributed by atoms with Crippen molar-refractivity contribution >= 4 is 27.6 Å². The number of carbonyl (C=O) groups is 2. The van der Waals surface area contributed by atoms with Crippen molar-refractivity contribution in [3.05, 3.63) is 53.6 Å². The first kappa shape index (κ1) is 18.7. The van der Waals surface area contributed by atoms with Crippen LogP contribution in [0.3, 0.4) is 0 Å². The summed E-state index contributed by atoms with van der Waals surface area (Å²) in [4.78, 5) is 23.2. The summed E-state index contributed by atoms with van der Waals surface area (Å²) >= 11 is 0. The first-order chi connectivity index (χ1) is 11.6. The molecule has 0 N–H and O–H groups in total. The molecule has 7 heteroatoms. The molecule has 0 spiro atoms. The van der Waals surface area contributed by atoms with Crippen molar-refractivity contribution in [2.75, 3.05) is 4.31 Å². The van der Waals surface area contributed by atoms with E-state index >= 15 is 0 Å². The Bertz CT molecular complexity index is 917. The summed E-state index contributed by atoms with van der Waals surface area (Å²) in [5, 5.41) is 0. The molecule has 0 aliphatic heterocycles. The summed E-state index contributed by atoms with van der Waals surface area (Å²) in [6, 6.07) is 10.7. The minimum absolute atomic E-state index is 0.0248. The first-order valence-corrected chi connectivity index (χ1v) is 8.98. The molecule has 0 heterocycles. The number of anilines is 1. The van der Waals surface area contributed by atoms with Crippen molar-refractivity contribution < 1.29 is 22.7 Å². The van der Waals surface area contributed by atoms with Gasteiger partial charge in [0.25, 0.3) is 10.0 Å². The van der Waals surface area contributed by atoms with Crippen LogP contribution in [0.2, 0.25) is 0 Å². The average Bonchev–Trinajstić information content (AvgIpc) is 2.49. The van der Waals surface area contributed by atoms with E-state index in [1.165, 1.54) is 44.2 Å². The van der Waals surface area contributed by atoms with E-state index < -0.39 is 21.9 Å². The Labute approximate surface area is 147 Å². The molecule has 132 valence electrons. The lowest BCUT2D eigenvalue weighted by molar-refractivity contribution is -0.131. The van der Waals surface area contributed by atoms with Crippen LogP contribution in [0, 0.1) is 13.8 Å². The van der Waals surface area contributed by atoms with Crippen LogP contribution in [0.15, 0.2) is 47.4 Å². The SMILES string of the molecule is CC(=O)Oc1ccc(N(C(C)=O)S(=O)(=O)c2ccc(C)cc2)c(C)c1. The molecular weight excluding hydrogens is 342 g/mol. The van der Waals surface area contributed by atoms with Crippen LogP contribution in [-0.4, -0.2) is 20.3 Å². The minimum Gasteiger partial charge on any atom is -0.427 e. The first-order valence-electron chi connectivity index (χ1n) is 7.54. The van der Waals surface area contributed by atoms with Gasteiger partial charge in [-0.25, -0.2) is 12.7 Å². The Morgan fingerprint density at radius 3 is 2.04 bits per heavy atom. The number of benzene rings is 2. The second-order valence-electron chi connectivity index (χ2n) is 5.64. The molecule has 0 saturated carbocycles. The van der Waals surface area contributed by atoms with Crippen LogP contribution < -0.4 is 9.04 Å². The predicted octanol–water partition coefficient (Wildman–Crippen LogP) is 2.97. The van der Waals surface area contributed by atoms with Crippen molar-refractivity contribution in [3.8, 4) is 5.75 Å². The molecule has 0 bridgehead atoms. The van der Waals surface area contributed by atoms with E-state index in [1.807, 2.05) is 6.92 Å². The molecule has 2 rings (SSSR count). The molecule has 25 heavy (non-hydrogen) atoms. The van der Waals surface area contributed by atoms with Crippen LogP contribution in [0.5, 0.6) is 5.75 Å². The van der Waals surface area contributed by atoms with Gasteiger partial charge in [-0.2, -0.15) is 0 Å². The Hall–Kier alpha value is -2.67. The number of hydrogen-bond donors (Lipinski definition) is 0. The highest BCUT2D eigenvalue weighted by molar-refractivity contribution is 7.93. The van der Waals surface area contributed by atoms with E-state index in [2.05, 4.69) is 0 Å². The Morgan fingerprint density at radius 2 is 1.56 bits per heavy atom. The third-order valence-electron chi connectivity index (χ3n) is 3.49. The lowest BCUT2D eigenvalue weighted by atomic mass is 10.2. The number of nitrogens with zero attached hydrogens (tertiary/aromatic N) is 1. The maximum absolute atomic E-state index is 12.9. The monoisotopic (exact) mass is 361 g/mol. The molecule has 1 amide bonds. The van der Waals surface area contributed by atoms with Crippen molar-refractivity contribution in [2.24, 2.45) is 0 Å². The fourth-order valence-corrected chi connectivity index (χ4v) is 3.86. The topological polar surface area (TPSA) is 80.8 Å². The molecule has 0 aromatic heterocycles. The van der Waals surface area contributed by atoms with Crippen molar-refractivity contribution in [1.29, 1.82) is 0 Å². The van der Waals surface area contributed by atoms with Crippen LogP contribution in [0.1, 0.15) is 25.0 Å². The van der Waals surface area contributed by atoms with Gasteiger partial charge in [-0.1, -0.05) is 17.7 Å². The molecule has 0 atom stereocenters. The highest BCUT2D eigenvalue weighted by atomic mass is 32.2. The number of aryl methyl sites for hydroxylation is 2. The summed E-state index contributed by atoms with van der Waals surface area (Å²) in [5.74, 6) is -0.836. The van der Waals surface area contributed by atoms with Crippen LogP contribution in [0.4, 0.5) is 5.69 Å². The van der Waals surface area contributed by atoms with Gasteiger partial charge in [0.1, 0.15) is 5.75 Å². The van der Waals surface area contributed by atoms with Gasteiger partial charge < -0.3 is 4.74 Å². The molecular formula is C18H19NO5S. The van der Waals surface area contributed by atoms with E-state index in [1.54, 1.807) is 19.1 Å². The van der Waals surface area contributed by atoms with Gasteiger partial charge >= 0.3 is 5.97 Å². The zero-order valence-corrected chi connectivity index (χ0v) is 15.3. The molecule has 0 fully saturated rings. The lowest BCUT2D eigenvalue weighted by Gasteiger charge is -2.23. The number of rotatable bonds is 4. The number of carbonyl (C=O) groups excluding carboxylic acids is 2. The summed E-state index contributed by atoms with van der Waals surface area (Å²) in [6.45, 7) is 5.94. The number of esters is 1. The average molecular weight is 361 g/mol. The number of hydrogen-bond acceptors (Lipinski definition) is 5.